The van der Waals surface area contributed by atoms with Crippen molar-refractivity contribution in [2.24, 2.45) is 0 Å². The summed E-state index contributed by atoms with van der Waals surface area (Å²) < 4.78 is 80.7. The predicted molar refractivity (Wildman–Crippen MR) is 243 cm³/mol. The maximum atomic E-state index is 15.4. The van der Waals surface area contributed by atoms with Gasteiger partial charge in [-0.15, -0.1) is 0 Å². The van der Waals surface area contributed by atoms with Crippen LogP contribution >= 0.6 is 0 Å². The van der Waals surface area contributed by atoms with Crippen LogP contribution in [0.5, 0.6) is 23.0 Å². The van der Waals surface area contributed by atoms with E-state index in [1.807, 2.05) is 10.7 Å². The molecule has 0 bridgehead atoms. The first kappa shape index (κ1) is 46.0. The molecule has 1 saturated carbocycles. The number of aromatic nitrogens is 3. The summed E-state index contributed by atoms with van der Waals surface area (Å²) >= 11 is 0. The smallest absolute Gasteiger partial charge is 0.420 e. The van der Waals surface area contributed by atoms with E-state index in [-0.39, 0.29) is 64.0 Å². The topological polar surface area (TPSA) is 169 Å². The molecule has 3 aromatic carbocycles. The van der Waals surface area contributed by atoms with Crippen molar-refractivity contribution in [3.8, 4) is 23.0 Å². The molecular formula is C47H60N6O11S. The number of ether oxygens (including phenoxy) is 7. The van der Waals surface area contributed by atoms with Crippen molar-refractivity contribution in [2.45, 2.75) is 108 Å². The Kier molecular flexibility index (Phi) is 13.5. The number of carbonyl (C=O) groups is 1. The molecule has 5 aromatic rings. The Hall–Kier alpha value is -5.56. The fourth-order valence-corrected chi connectivity index (χ4v) is 10.2. The second kappa shape index (κ2) is 19.1. The third-order valence-corrected chi connectivity index (χ3v) is 13.8. The molecule has 0 N–H and O–H groups in total. The number of methoxy groups -OCH3 is 5. The van der Waals surface area contributed by atoms with Crippen molar-refractivity contribution in [2.75, 3.05) is 64.5 Å². The lowest BCUT2D eigenvalue weighted by Crippen LogP contribution is -2.36. The minimum atomic E-state index is -4.56. The van der Waals surface area contributed by atoms with Crippen molar-refractivity contribution in [3.05, 3.63) is 71.4 Å². The zero-order chi connectivity index (χ0) is 46.0. The summed E-state index contributed by atoms with van der Waals surface area (Å²) in [6.07, 6.45) is 5.85. The summed E-state index contributed by atoms with van der Waals surface area (Å²) in [7, 11) is 3.07. The van der Waals surface area contributed by atoms with E-state index in [1.165, 1.54) is 26.2 Å². The lowest BCUT2D eigenvalue weighted by atomic mass is 10.1. The zero-order valence-electron chi connectivity index (χ0n) is 38.5. The van der Waals surface area contributed by atoms with E-state index in [4.69, 9.17) is 42.8 Å². The normalized spacial score (nSPS) is 17.5. The third kappa shape index (κ3) is 9.86. The van der Waals surface area contributed by atoms with Crippen LogP contribution in [0.4, 0.5) is 22.1 Å². The second-order valence-electron chi connectivity index (χ2n) is 17.7. The molecule has 3 aliphatic rings. The van der Waals surface area contributed by atoms with Gasteiger partial charge in [-0.25, -0.2) is 27.1 Å². The van der Waals surface area contributed by atoms with Crippen molar-refractivity contribution in [1.82, 2.24) is 19.8 Å². The van der Waals surface area contributed by atoms with Gasteiger partial charge in [0.05, 0.1) is 52.2 Å². The quantitative estimate of drug-likeness (QED) is 0.0921. The molecule has 2 aromatic heterocycles. The number of benzene rings is 3. The molecule has 1 amide bonds. The molecule has 8 rings (SSSR count). The summed E-state index contributed by atoms with van der Waals surface area (Å²) in [5, 5.41) is 9.72. The average molecular weight is 917 g/mol. The fourth-order valence-electron chi connectivity index (χ4n) is 8.54. The van der Waals surface area contributed by atoms with E-state index in [1.54, 1.807) is 83.5 Å². The van der Waals surface area contributed by atoms with Gasteiger partial charge >= 0.3 is 6.09 Å². The van der Waals surface area contributed by atoms with Gasteiger partial charge in [0.1, 0.15) is 28.6 Å². The molecule has 1 unspecified atom stereocenters. The first-order valence-corrected chi connectivity index (χ1v) is 23.6. The number of rotatable bonds is 16. The van der Waals surface area contributed by atoms with Gasteiger partial charge in [-0.2, -0.15) is 5.10 Å². The van der Waals surface area contributed by atoms with Crippen molar-refractivity contribution < 1.29 is 50.9 Å². The van der Waals surface area contributed by atoms with Gasteiger partial charge in [-0.05, 0) is 107 Å². The summed E-state index contributed by atoms with van der Waals surface area (Å²) in [5.41, 5.74) is 2.00. The number of sulfonamides is 1. The Balaban J connectivity index is 1.23. The standard InChI is InChI=1S/C47H60N6O11S/c1-47(2,3)63-46(54)52(42-27-36(32-14-15-32)53(48-42)43-11-9-10-22-62-43)37-26-38-35(25-39(37)59-6)45(49-64-38)51(29-30-12-16-33(57-4)17-13-30)65(55,56)44-40(60-7)23-31(24-41(44)61-8)28-50-20-18-34(58-5)19-21-50/h12-13,16-17,23-27,32,34,43H,9-11,14-15,18-22,28-29H2,1-8H3. The van der Waals surface area contributed by atoms with Gasteiger partial charge in [-0.3, -0.25) is 4.90 Å². The van der Waals surface area contributed by atoms with Crippen molar-refractivity contribution >= 4 is 44.4 Å². The first-order chi connectivity index (χ1) is 31.2. The third-order valence-electron chi connectivity index (χ3n) is 12.0. The van der Waals surface area contributed by atoms with E-state index in [2.05, 4.69) is 10.1 Å². The summed E-state index contributed by atoms with van der Waals surface area (Å²) in [4.78, 5) is 17.8. The Morgan fingerprint density at radius 3 is 2.11 bits per heavy atom. The Morgan fingerprint density at radius 1 is 0.831 bits per heavy atom. The highest BCUT2D eigenvalue weighted by atomic mass is 32.2. The second-order valence-corrected chi connectivity index (χ2v) is 19.5. The van der Waals surface area contributed by atoms with Gasteiger partial charge in [-0.1, -0.05) is 17.3 Å². The number of carbonyl (C=O) groups excluding carboxylic acids is 1. The summed E-state index contributed by atoms with van der Waals surface area (Å²) in [6.45, 7) is 8.05. The van der Waals surface area contributed by atoms with Crippen LogP contribution < -0.4 is 28.2 Å². The zero-order valence-corrected chi connectivity index (χ0v) is 39.3. The minimum Gasteiger partial charge on any atom is -0.497 e. The van der Waals surface area contributed by atoms with Crippen LogP contribution in [-0.2, 0) is 37.3 Å². The maximum absolute atomic E-state index is 15.4. The molecule has 17 nitrogen and oxygen atoms in total. The molecular weight excluding hydrogens is 857 g/mol. The van der Waals surface area contributed by atoms with E-state index >= 15 is 8.42 Å². The van der Waals surface area contributed by atoms with Crippen LogP contribution in [0.2, 0.25) is 0 Å². The summed E-state index contributed by atoms with van der Waals surface area (Å²) in [5.74, 6) is 1.60. The molecule has 1 atom stereocenters. The van der Waals surface area contributed by atoms with Crippen LogP contribution in [0.1, 0.15) is 94.7 Å². The fraction of sp³-hybridized carbons (Fsp3) is 0.511. The summed E-state index contributed by atoms with van der Waals surface area (Å²) in [6, 6.07) is 15.6. The van der Waals surface area contributed by atoms with Crippen molar-refractivity contribution in [3.63, 3.8) is 0 Å². The van der Waals surface area contributed by atoms with E-state index < -0.39 is 21.7 Å². The highest BCUT2D eigenvalue weighted by Crippen LogP contribution is 2.47. The molecule has 2 saturated heterocycles. The van der Waals surface area contributed by atoms with E-state index in [0.29, 0.717) is 35.7 Å². The van der Waals surface area contributed by atoms with E-state index in [0.717, 1.165) is 73.6 Å². The number of piperidine rings is 1. The van der Waals surface area contributed by atoms with Crippen LogP contribution in [0.3, 0.4) is 0 Å². The number of hydrogen-bond donors (Lipinski definition) is 0. The number of amides is 1. The average Bonchev–Trinajstić information content (AvgIpc) is 3.93. The van der Waals surface area contributed by atoms with Gasteiger partial charge in [0, 0.05) is 57.1 Å². The molecule has 1 aliphatic carbocycles. The van der Waals surface area contributed by atoms with Gasteiger partial charge in [0.25, 0.3) is 10.0 Å². The molecule has 18 heteroatoms. The molecule has 350 valence electrons. The van der Waals surface area contributed by atoms with Crippen LogP contribution in [0.15, 0.2) is 64.0 Å². The van der Waals surface area contributed by atoms with Gasteiger partial charge in [0.2, 0.25) is 0 Å². The van der Waals surface area contributed by atoms with Crippen molar-refractivity contribution in [1.29, 1.82) is 0 Å². The van der Waals surface area contributed by atoms with Crippen LogP contribution in [-0.4, -0.2) is 101 Å². The van der Waals surface area contributed by atoms with Crippen LogP contribution in [0, 0.1) is 0 Å². The monoisotopic (exact) mass is 916 g/mol. The number of fused-ring (bicyclic) bond motifs is 1. The SMILES string of the molecule is COc1ccc(CN(c2noc3cc(N(C(=O)OC(C)(C)C)c4cc(C5CC5)n(C5CCCCO5)n4)c(OC)cc23)S(=O)(=O)c2c(OC)cc(CN3CCC(OC)CC3)cc2OC)cc1. The number of likely N-dealkylation sites (tertiary alicyclic amines) is 1. The van der Waals surface area contributed by atoms with Gasteiger partial charge < -0.3 is 37.7 Å². The highest BCUT2D eigenvalue weighted by Gasteiger charge is 2.39. The van der Waals surface area contributed by atoms with Gasteiger partial charge in [0.15, 0.2) is 28.3 Å². The number of nitrogens with zero attached hydrogens (tertiary/aromatic N) is 6. The molecule has 0 radical (unpaired) electrons. The Labute approximate surface area is 380 Å². The predicted octanol–water partition coefficient (Wildman–Crippen LogP) is 8.71. The molecule has 3 fully saturated rings. The number of hydrogen-bond acceptors (Lipinski definition) is 14. The van der Waals surface area contributed by atoms with E-state index in [9.17, 15) is 4.79 Å². The molecule has 0 spiro atoms. The minimum absolute atomic E-state index is 0.0339. The Morgan fingerprint density at radius 2 is 1.52 bits per heavy atom. The Bertz CT molecular complexity index is 2550. The first-order valence-electron chi connectivity index (χ1n) is 22.1. The highest BCUT2D eigenvalue weighted by molar-refractivity contribution is 7.93. The molecule has 4 heterocycles. The molecule has 2 aliphatic heterocycles. The largest absolute Gasteiger partial charge is 0.497 e. The number of anilines is 3. The van der Waals surface area contributed by atoms with Crippen LogP contribution in [0.25, 0.3) is 11.0 Å². The lowest BCUT2D eigenvalue weighted by molar-refractivity contribution is -0.0410. The lowest BCUT2D eigenvalue weighted by Gasteiger charge is -2.31. The molecule has 65 heavy (non-hydrogen) atoms. The maximum Gasteiger partial charge on any atom is 0.420 e.